The van der Waals surface area contributed by atoms with Gasteiger partial charge in [-0.15, -0.1) is 0 Å². The second kappa shape index (κ2) is 6.38. The molecule has 2 heterocycles. The van der Waals surface area contributed by atoms with Gasteiger partial charge in [-0.2, -0.15) is 0 Å². The third-order valence-corrected chi connectivity index (χ3v) is 3.65. The minimum absolute atomic E-state index is 0.119. The van der Waals surface area contributed by atoms with Crippen LogP contribution in [0.25, 0.3) is 0 Å². The Morgan fingerprint density at radius 2 is 1.71 bits per heavy atom. The van der Waals surface area contributed by atoms with Crippen LogP contribution in [0.1, 0.15) is 6.42 Å². The summed E-state index contributed by atoms with van der Waals surface area (Å²) in [5.74, 6) is -2.27. The summed E-state index contributed by atoms with van der Waals surface area (Å²) in [7, 11) is 0. The van der Waals surface area contributed by atoms with Crippen molar-refractivity contribution in [3.63, 3.8) is 0 Å². The van der Waals surface area contributed by atoms with Gasteiger partial charge in [0.25, 0.3) is 0 Å². The van der Waals surface area contributed by atoms with Crippen molar-refractivity contribution in [2.75, 3.05) is 13.2 Å². The van der Waals surface area contributed by atoms with E-state index in [1.807, 2.05) is 0 Å². The molecule has 8 atom stereocenters. The van der Waals surface area contributed by atoms with Crippen LogP contribution in [0.5, 0.6) is 0 Å². The van der Waals surface area contributed by atoms with Gasteiger partial charge >= 0.3 is 0 Å². The minimum atomic E-state index is -2.27. The van der Waals surface area contributed by atoms with Crippen molar-refractivity contribution in [2.45, 2.75) is 55.3 Å². The summed E-state index contributed by atoms with van der Waals surface area (Å²) in [5.41, 5.74) is 0. The van der Waals surface area contributed by atoms with Crippen LogP contribution in [0, 0.1) is 0 Å². The molecule has 0 amide bonds. The molecule has 2 rings (SSSR count). The van der Waals surface area contributed by atoms with Crippen molar-refractivity contribution in [3.8, 4) is 0 Å². The van der Waals surface area contributed by atoms with E-state index in [-0.39, 0.29) is 13.0 Å². The van der Waals surface area contributed by atoms with E-state index in [0.29, 0.717) is 0 Å². The summed E-state index contributed by atoms with van der Waals surface area (Å²) < 4.78 is 14.8. The van der Waals surface area contributed by atoms with E-state index < -0.39 is 55.5 Å². The molecule has 21 heavy (non-hydrogen) atoms. The fraction of sp³-hybridized carbons (Fsp3) is 1.00. The molecule has 2 saturated heterocycles. The summed E-state index contributed by atoms with van der Waals surface area (Å²) in [6.45, 7) is -0.774. The molecule has 7 N–H and O–H groups in total. The first-order valence-corrected chi connectivity index (χ1v) is 6.48. The highest BCUT2D eigenvalue weighted by Crippen LogP contribution is 2.31. The molecule has 0 unspecified atom stereocenters. The van der Waals surface area contributed by atoms with Crippen LogP contribution in [0.15, 0.2) is 0 Å². The highest BCUT2D eigenvalue weighted by atomic mass is 16.8. The van der Waals surface area contributed by atoms with Crippen LogP contribution >= 0.6 is 0 Å². The third kappa shape index (κ3) is 3.19. The van der Waals surface area contributed by atoms with Crippen molar-refractivity contribution in [1.82, 2.24) is 0 Å². The molecule has 0 spiro atoms. The largest absolute Gasteiger partial charge is 0.394 e. The Balaban J connectivity index is 2.10. The summed E-state index contributed by atoms with van der Waals surface area (Å²) in [6, 6.07) is 0. The van der Waals surface area contributed by atoms with Crippen molar-refractivity contribution >= 4 is 0 Å². The van der Waals surface area contributed by atoms with Gasteiger partial charge in [0.15, 0.2) is 18.7 Å². The van der Waals surface area contributed by atoms with E-state index in [1.165, 1.54) is 0 Å². The van der Waals surface area contributed by atoms with Gasteiger partial charge in [0, 0.05) is 6.42 Å². The van der Waals surface area contributed by atoms with Gasteiger partial charge in [-0.05, 0) is 0 Å². The fourth-order valence-electron chi connectivity index (χ4n) is 2.28. The maximum absolute atomic E-state index is 10.2. The molecule has 10 heteroatoms. The lowest BCUT2D eigenvalue weighted by Gasteiger charge is -2.45. The Bertz CT molecular complexity index is 352. The number of aliphatic hydroxyl groups is 7. The van der Waals surface area contributed by atoms with E-state index in [2.05, 4.69) is 0 Å². The van der Waals surface area contributed by atoms with Crippen LogP contribution < -0.4 is 0 Å². The molecule has 0 saturated carbocycles. The van der Waals surface area contributed by atoms with Gasteiger partial charge in [-0.1, -0.05) is 0 Å². The van der Waals surface area contributed by atoms with Gasteiger partial charge in [-0.3, -0.25) is 0 Å². The maximum atomic E-state index is 10.2. The van der Waals surface area contributed by atoms with E-state index in [1.54, 1.807) is 0 Å². The van der Waals surface area contributed by atoms with Gasteiger partial charge < -0.3 is 50.0 Å². The third-order valence-electron chi connectivity index (χ3n) is 3.65. The molecule has 0 aromatic rings. The summed E-state index contributed by atoms with van der Waals surface area (Å²) in [4.78, 5) is 0. The molecule has 0 aromatic heterocycles. The average molecular weight is 312 g/mol. The molecule has 2 fully saturated rings. The smallest absolute Gasteiger partial charge is 0.202 e. The molecule has 10 nitrogen and oxygen atoms in total. The van der Waals surface area contributed by atoms with Crippen molar-refractivity contribution < 1.29 is 50.0 Å². The first-order chi connectivity index (χ1) is 9.80. The molecule has 124 valence electrons. The van der Waals surface area contributed by atoms with Gasteiger partial charge in [0.1, 0.15) is 24.4 Å². The van der Waals surface area contributed by atoms with E-state index in [4.69, 9.17) is 19.3 Å². The molecule has 0 aromatic carbocycles. The molecule has 2 aliphatic rings. The lowest BCUT2D eigenvalue weighted by atomic mass is 9.98. The van der Waals surface area contributed by atoms with Crippen LogP contribution in [0.2, 0.25) is 0 Å². The Hall–Kier alpha value is -0.400. The normalized spacial score (nSPS) is 51.9. The average Bonchev–Trinajstić information content (AvgIpc) is 2.45. The highest BCUT2D eigenvalue weighted by molar-refractivity contribution is 4.91. The molecule has 0 bridgehead atoms. The Morgan fingerprint density at radius 1 is 1.05 bits per heavy atom. The standard InChI is InChI=1S/C11H20O10/c12-3-4-5(13)6(14)7(15)10(20-4)21-11(18)1-2-19-9(17)8(11)16/h4-10,12-18H,1-3H2/t4-,5+,6-,7-,8+,9-,10+,11-/m1/s1. The fourth-order valence-corrected chi connectivity index (χ4v) is 2.28. The zero-order valence-electron chi connectivity index (χ0n) is 11.0. The Labute approximate surface area is 119 Å². The number of aliphatic hydroxyl groups excluding tert-OH is 6. The first kappa shape index (κ1) is 17.0. The van der Waals surface area contributed by atoms with E-state index in [0.717, 1.165) is 0 Å². The Morgan fingerprint density at radius 3 is 2.33 bits per heavy atom. The quantitative estimate of drug-likeness (QED) is 0.252. The maximum Gasteiger partial charge on any atom is 0.202 e. The lowest BCUT2D eigenvalue weighted by molar-refractivity contribution is -0.407. The zero-order chi connectivity index (χ0) is 15.8. The van der Waals surface area contributed by atoms with E-state index in [9.17, 15) is 30.6 Å². The summed E-state index contributed by atoms with van der Waals surface area (Å²) >= 11 is 0. The van der Waals surface area contributed by atoms with Crippen molar-refractivity contribution in [1.29, 1.82) is 0 Å². The van der Waals surface area contributed by atoms with Crippen molar-refractivity contribution in [3.05, 3.63) is 0 Å². The lowest BCUT2D eigenvalue weighted by Crippen LogP contribution is -2.64. The summed E-state index contributed by atoms with van der Waals surface area (Å²) in [6.07, 6.45) is -11.5. The second-order valence-electron chi connectivity index (χ2n) is 5.12. The first-order valence-electron chi connectivity index (χ1n) is 6.48. The van der Waals surface area contributed by atoms with Crippen molar-refractivity contribution in [2.24, 2.45) is 0 Å². The number of hydrogen-bond donors (Lipinski definition) is 7. The highest BCUT2D eigenvalue weighted by Gasteiger charge is 2.51. The van der Waals surface area contributed by atoms with Crippen LogP contribution in [-0.4, -0.2) is 97.8 Å². The molecule has 0 radical (unpaired) electrons. The monoisotopic (exact) mass is 312 g/mol. The summed E-state index contributed by atoms with van der Waals surface area (Å²) in [5, 5.41) is 67.3. The predicted octanol–water partition coefficient (Wildman–Crippen LogP) is -4.41. The van der Waals surface area contributed by atoms with Gasteiger partial charge in [0.05, 0.1) is 13.2 Å². The predicted molar refractivity (Wildman–Crippen MR) is 62.4 cm³/mol. The number of hydrogen-bond acceptors (Lipinski definition) is 10. The Kier molecular flexibility index (Phi) is 5.15. The SMILES string of the molecule is OC[C@H]1O[C@@H](O[C@]2(O)CCO[C@@H](O)[C@@H]2O)[C@H](O)[C@H](O)[C@H]1O. The minimum Gasteiger partial charge on any atom is -0.394 e. The van der Waals surface area contributed by atoms with Crippen LogP contribution in [0.4, 0.5) is 0 Å². The second-order valence-corrected chi connectivity index (χ2v) is 5.12. The molecule has 0 aliphatic carbocycles. The molecular formula is C11H20O10. The zero-order valence-corrected chi connectivity index (χ0v) is 11.0. The number of rotatable bonds is 3. The van der Waals surface area contributed by atoms with Gasteiger partial charge in [-0.25, -0.2) is 0 Å². The number of ether oxygens (including phenoxy) is 3. The topological polar surface area (TPSA) is 169 Å². The van der Waals surface area contributed by atoms with E-state index >= 15 is 0 Å². The van der Waals surface area contributed by atoms with Crippen LogP contribution in [0.3, 0.4) is 0 Å². The molecule has 2 aliphatic heterocycles. The molecular weight excluding hydrogens is 292 g/mol. The van der Waals surface area contributed by atoms with Crippen LogP contribution in [-0.2, 0) is 14.2 Å². The van der Waals surface area contributed by atoms with Gasteiger partial charge in [0.2, 0.25) is 5.79 Å².